The van der Waals surface area contributed by atoms with Gasteiger partial charge in [0.15, 0.2) is 0 Å². The van der Waals surface area contributed by atoms with E-state index in [1.165, 1.54) is 32.4 Å². The van der Waals surface area contributed by atoms with Gasteiger partial charge in [0.2, 0.25) is 5.91 Å². The number of rotatable bonds is 7. The van der Waals surface area contributed by atoms with E-state index in [0.717, 1.165) is 16.3 Å². The Kier molecular flexibility index (Phi) is 6.99. The number of carbonyl (C=O) groups is 3. The van der Waals surface area contributed by atoms with Crippen LogP contribution in [0.25, 0.3) is 10.8 Å². The van der Waals surface area contributed by atoms with Crippen molar-refractivity contribution in [2.75, 3.05) is 26.1 Å². The highest BCUT2D eigenvalue weighted by Crippen LogP contribution is 2.24. The van der Waals surface area contributed by atoms with Gasteiger partial charge in [0.25, 0.3) is 0 Å². The van der Waals surface area contributed by atoms with Crippen LogP contribution in [-0.2, 0) is 14.3 Å². The maximum absolute atomic E-state index is 12.6. The first-order valence-electron chi connectivity index (χ1n) is 9.76. The van der Waals surface area contributed by atoms with E-state index in [1.54, 1.807) is 0 Å². The van der Waals surface area contributed by atoms with E-state index < -0.39 is 11.9 Å². The summed E-state index contributed by atoms with van der Waals surface area (Å²) in [5.74, 6) is -1.56. The zero-order valence-corrected chi connectivity index (χ0v) is 17.6. The number of carbonyl (C=O) groups excluding carboxylic acids is 3. The lowest BCUT2D eigenvalue weighted by Gasteiger charge is -2.17. The van der Waals surface area contributed by atoms with Crippen molar-refractivity contribution in [3.63, 3.8) is 0 Å². The van der Waals surface area contributed by atoms with Gasteiger partial charge in [0, 0.05) is 6.04 Å². The average molecular weight is 420 g/mol. The van der Waals surface area contributed by atoms with Crippen LogP contribution in [0, 0.1) is 0 Å². The van der Waals surface area contributed by atoms with E-state index in [0.29, 0.717) is 0 Å². The molecule has 2 N–H and O–H groups in total. The molecule has 0 bridgehead atoms. The Labute approximate surface area is 180 Å². The number of fused-ring (bicyclic) bond motifs is 1. The van der Waals surface area contributed by atoms with Crippen molar-refractivity contribution in [1.29, 1.82) is 0 Å². The van der Waals surface area contributed by atoms with Crippen molar-refractivity contribution in [1.82, 2.24) is 5.32 Å². The van der Waals surface area contributed by atoms with Crippen LogP contribution < -0.4 is 10.6 Å². The molecule has 1 amide bonds. The second-order valence-electron chi connectivity index (χ2n) is 6.96. The summed E-state index contributed by atoms with van der Waals surface area (Å²) in [6, 6.07) is 18.3. The van der Waals surface area contributed by atoms with E-state index in [-0.39, 0.29) is 35.3 Å². The second-order valence-corrected chi connectivity index (χ2v) is 6.96. The smallest absolute Gasteiger partial charge is 0.339 e. The van der Waals surface area contributed by atoms with Crippen LogP contribution in [0.2, 0.25) is 0 Å². The van der Waals surface area contributed by atoms with E-state index in [2.05, 4.69) is 10.6 Å². The highest BCUT2D eigenvalue weighted by molar-refractivity contribution is 6.04. The summed E-state index contributed by atoms with van der Waals surface area (Å²) in [5, 5.41) is 8.12. The Morgan fingerprint density at radius 1 is 0.903 bits per heavy atom. The summed E-state index contributed by atoms with van der Waals surface area (Å²) in [5.41, 5.74) is 1.61. The standard InChI is InChI=1S/C24H24N2O5/c1-15(18-10-6-8-16-7-4-5-9-19(16)18)25-14-22(27)26-21-13-17(23(28)30-2)11-12-20(21)24(29)31-3/h4-13,15,25H,14H2,1-3H3,(H,26,27)/t15-/m1/s1. The van der Waals surface area contributed by atoms with Crippen molar-refractivity contribution in [2.24, 2.45) is 0 Å². The molecule has 3 aromatic rings. The molecule has 31 heavy (non-hydrogen) atoms. The van der Waals surface area contributed by atoms with Crippen LogP contribution >= 0.6 is 0 Å². The molecule has 0 saturated carbocycles. The van der Waals surface area contributed by atoms with E-state index >= 15 is 0 Å². The third-order valence-corrected chi connectivity index (χ3v) is 4.98. The topological polar surface area (TPSA) is 93.7 Å². The predicted molar refractivity (Wildman–Crippen MR) is 118 cm³/mol. The maximum Gasteiger partial charge on any atom is 0.339 e. The molecule has 0 fully saturated rings. The molecular weight excluding hydrogens is 396 g/mol. The Hall–Kier alpha value is -3.71. The first-order valence-corrected chi connectivity index (χ1v) is 9.76. The lowest BCUT2D eigenvalue weighted by atomic mass is 10.00. The van der Waals surface area contributed by atoms with Crippen LogP contribution in [0.5, 0.6) is 0 Å². The molecule has 0 unspecified atom stereocenters. The zero-order chi connectivity index (χ0) is 22.4. The Bertz CT molecular complexity index is 1120. The minimum absolute atomic E-state index is 0.00739. The number of esters is 2. The third-order valence-electron chi connectivity index (χ3n) is 4.98. The van der Waals surface area contributed by atoms with Gasteiger partial charge in [0.05, 0.1) is 37.6 Å². The first-order chi connectivity index (χ1) is 14.9. The molecule has 0 aromatic heterocycles. The number of hydrogen-bond donors (Lipinski definition) is 2. The molecule has 0 aliphatic heterocycles. The average Bonchev–Trinajstić information content (AvgIpc) is 2.81. The van der Waals surface area contributed by atoms with Gasteiger partial charge in [-0.2, -0.15) is 0 Å². The molecular formula is C24H24N2O5. The summed E-state index contributed by atoms with van der Waals surface area (Å²) in [6.45, 7) is 1.99. The van der Waals surface area contributed by atoms with Crippen LogP contribution in [0.15, 0.2) is 60.7 Å². The fraction of sp³-hybridized carbons (Fsp3) is 0.208. The van der Waals surface area contributed by atoms with Crippen molar-refractivity contribution in [3.8, 4) is 0 Å². The summed E-state index contributed by atoms with van der Waals surface area (Å²) < 4.78 is 9.47. The third kappa shape index (κ3) is 5.07. The van der Waals surface area contributed by atoms with Gasteiger partial charge in [0.1, 0.15) is 0 Å². The fourth-order valence-corrected chi connectivity index (χ4v) is 3.36. The molecule has 1 atom stereocenters. The van der Waals surface area contributed by atoms with Crippen LogP contribution in [0.4, 0.5) is 5.69 Å². The van der Waals surface area contributed by atoms with Crippen LogP contribution in [-0.4, -0.2) is 38.6 Å². The monoisotopic (exact) mass is 420 g/mol. The first kappa shape index (κ1) is 22.0. The number of hydrogen-bond acceptors (Lipinski definition) is 6. The molecule has 3 aromatic carbocycles. The predicted octanol–water partition coefficient (Wildman–Crippen LogP) is 3.70. The normalized spacial score (nSPS) is 11.6. The summed E-state index contributed by atoms with van der Waals surface area (Å²) in [4.78, 5) is 36.4. The SMILES string of the molecule is COC(=O)c1ccc(C(=O)OC)c(NC(=O)CN[C@H](C)c2cccc3ccccc23)c1. The summed E-state index contributed by atoms with van der Waals surface area (Å²) >= 11 is 0. The Morgan fingerprint density at radius 2 is 1.61 bits per heavy atom. The van der Waals surface area contributed by atoms with E-state index in [4.69, 9.17) is 9.47 Å². The minimum atomic E-state index is -0.621. The molecule has 0 saturated heterocycles. The second kappa shape index (κ2) is 9.86. The van der Waals surface area contributed by atoms with Crippen molar-refractivity contribution in [2.45, 2.75) is 13.0 Å². The van der Waals surface area contributed by atoms with Crippen molar-refractivity contribution < 1.29 is 23.9 Å². The fourth-order valence-electron chi connectivity index (χ4n) is 3.36. The van der Waals surface area contributed by atoms with Gasteiger partial charge >= 0.3 is 11.9 Å². The zero-order valence-electron chi connectivity index (χ0n) is 17.6. The lowest BCUT2D eigenvalue weighted by molar-refractivity contribution is -0.115. The molecule has 0 radical (unpaired) electrons. The molecule has 7 heteroatoms. The molecule has 0 spiro atoms. The van der Waals surface area contributed by atoms with Gasteiger partial charge < -0.3 is 20.1 Å². The maximum atomic E-state index is 12.6. The summed E-state index contributed by atoms with van der Waals surface area (Å²) in [7, 11) is 2.50. The van der Waals surface area contributed by atoms with Crippen molar-refractivity contribution in [3.05, 3.63) is 77.4 Å². The lowest BCUT2D eigenvalue weighted by Crippen LogP contribution is -2.30. The molecule has 0 aliphatic rings. The minimum Gasteiger partial charge on any atom is -0.465 e. The van der Waals surface area contributed by atoms with Gasteiger partial charge in [-0.25, -0.2) is 9.59 Å². The number of anilines is 1. The number of methoxy groups -OCH3 is 2. The highest BCUT2D eigenvalue weighted by atomic mass is 16.5. The molecule has 0 heterocycles. The number of benzene rings is 3. The largest absolute Gasteiger partial charge is 0.465 e. The Balaban J connectivity index is 1.74. The molecule has 0 aliphatic carbocycles. The van der Waals surface area contributed by atoms with Gasteiger partial charge in [-0.05, 0) is 41.5 Å². The van der Waals surface area contributed by atoms with Gasteiger partial charge in [-0.3, -0.25) is 4.79 Å². The highest BCUT2D eigenvalue weighted by Gasteiger charge is 2.18. The number of amides is 1. The molecule has 160 valence electrons. The molecule has 3 rings (SSSR count). The van der Waals surface area contributed by atoms with Gasteiger partial charge in [-0.15, -0.1) is 0 Å². The number of nitrogens with one attached hydrogen (secondary N) is 2. The van der Waals surface area contributed by atoms with Crippen molar-refractivity contribution >= 4 is 34.3 Å². The van der Waals surface area contributed by atoms with Gasteiger partial charge in [-0.1, -0.05) is 42.5 Å². The summed E-state index contributed by atoms with van der Waals surface area (Å²) in [6.07, 6.45) is 0. The Morgan fingerprint density at radius 3 is 2.35 bits per heavy atom. The van der Waals surface area contributed by atoms with Crippen LogP contribution in [0.3, 0.4) is 0 Å². The molecule has 7 nitrogen and oxygen atoms in total. The van der Waals surface area contributed by atoms with Crippen LogP contribution in [0.1, 0.15) is 39.2 Å². The quantitative estimate of drug-likeness (QED) is 0.566. The van der Waals surface area contributed by atoms with E-state index in [9.17, 15) is 14.4 Å². The number of ether oxygens (including phenoxy) is 2. The van der Waals surface area contributed by atoms with E-state index in [1.807, 2.05) is 49.4 Å².